The first-order chi connectivity index (χ1) is 9.97. The lowest BCUT2D eigenvalue weighted by Gasteiger charge is -2.32. The van der Waals surface area contributed by atoms with Crippen LogP contribution < -0.4 is 11.1 Å². The van der Waals surface area contributed by atoms with Gasteiger partial charge in [0.2, 0.25) is 5.91 Å². The van der Waals surface area contributed by atoms with Crippen LogP contribution in [0, 0.1) is 19.8 Å². The predicted octanol–water partition coefficient (Wildman–Crippen LogP) is 1.09. The Kier molecular flexibility index (Phi) is 4.82. The molecule has 1 unspecified atom stereocenters. The first-order valence-electron chi connectivity index (χ1n) is 7.20. The van der Waals surface area contributed by atoms with E-state index >= 15 is 0 Å². The molecule has 2 heterocycles. The van der Waals surface area contributed by atoms with E-state index in [2.05, 4.69) is 10.5 Å². The third-order valence-corrected chi connectivity index (χ3v) is 3.89. The van der Waals surface area contributed by atoms with E-state index in [-0.39, 0.29) is 17.9 Å². The topological polar surface area (TPSA) is 101 Å². The van der Waals surface area contributed by atoms with Gasteiger partial charge in [0.1, 0.15) is 5.76 Å². The molecule has 1 saturated heterocycles. The van der Waals surface area contributed by atoms with E-state index in [1.807, 2.05) is 13.8 Å². The summed E-state index contributed by atoms with van der Waals surface area (Å²) < 4.78 is 5.07. The van der Waals surface area contributed by atoms with Crippen molar-refractivity contribution < 1.29 is 14.1 Å². The van der Waals surface area contributed by atoms with Gasteiger partial charge in [0.15, 0.2) is 0 Å². The Balaban J connectivity index is 1.87. The molecule has 0 aliphatic carbocycles. The fourth-order valence-corrected chi connectivity index (χ4v) is 2.73. The van der Waals surface area contributed by atoms with E-state index in [1.165, 1.54) is 0 Å². The molecule has 0 saturated carbocycles. The van der Waals surface area contributed by atoms with Gasteiger partial charge in [-0.1, -0.05) is 5.16 Å². The minimum atomic E-state index is -0.307. The molecule has 1 aliphatic heterocycles. The van der Waals surface area contributed by atoms with Crippen molar-refractivity contribution in [2.75, 3.05) is 13.1 Å². The van der Waals surface area contributed by atoms with Crippen molar-refractivity contribution >= 4 is 11.9 Å². The second-order valence-electron chi connectivity index (χ2n) is 5.59. The van der Waals surface area contributed by atoms with Gasteiger partial charge in [0, 0.05) is 31.6 Å². The molecule has 1 aromatic rings. The van der Waals surface area contributed by atoms with Crippen LogP contribution >= 0.6 is 0 Å². The largest absolute Gasteiger partial charge is 0.370 e. The van der Waals surface area contributed by atoms with Crippen molar-refractivity contribution in [3.8, 4) is 0 Å². The molecule has 0 spiro atoms. The fraction of sp³-hybridized carbons (Fsp3) is 0.643. The van der Waals surface area contributed by atoms with Gasteiger partial charge in [-0.2, -0.15) is 0 Å². The summed E-state index contributed by atoms with van der Waals surface area (Å²) in [4.78, 5) is 24.9. The van der Waals surface area contributed by atoms with E-state index in [0.717, 1.165) is 29.9 Å². The fourth-order valence-electron chi connectivity index (χ4n) is 2.73. The van der Waals surface area contributed by atoms with Crippen LogP contribution in [0.25, 0.3) is 0 Å². The van der Waals surface area contributed by atoms with Gasteiger partial charge in [-0.25, -0.2) is 4.79 Å². The molecule has 7 heteroatoms. The number of nitrogens with one attached hydrogen (secondary N) is 1. The second-order valence-corrected chi connectivity index (χ2v) is 5.59. The molecule has 1 aliphatic rings. The third-order valence-electron chi connectivity index (χ3n) is 3.89. The highest BCUT2D eigenvalue weighted by atomic mass is 16.5. The summed E-state index contributed by atoms with van der Waals surface area (Å²) in [6.07, 6.45) is 2.18. The Hall–Kier alpha value is -2.05. The van der Waals surface area contributed by atoms with Gasteiger partial charge >= 0.3 is 6.03 Å². The predicted molar refractivity (Wildman–Crippen MR) is 76.3 cm³/mol. The number of hydrogen-bond acceptors (Lipinski definition) is 4. The number of nitrogens with two attached hydrogens (primary N) is 1. The maximum absolute atomic E-state index is 12.2. The number of aromatic nitrogens is 1. The number of hydrogen-bond donors (Lipinski definition) is 2. The van der Waals surface area contributed by atoms with Gasteiger partial charge in [0.25, 0.3) is 0 Å². The highest BCUT2D eigenvalue weighted by molar-refractivity contribution is 5.75. The van der Waals surface area contributed by atoms with Crippen molar-refractivity contribution in [3.05, 3.63) is 17.0 Å². The number of rotatable bonds is 4. The van der Waals surface area contributed by atoms with Crippen LogP contribution in [-0.2, 0) is 11.3 Å². The molecule has 2 rings (SSSR count). The summed E-state index contributed by atoms with van der Waals surface area (Å²) in [6.45, 7) is 5.36. The highest BCUT2D eigenvalue weighted by Gasteiger charge is 2.24. The average Bonchev–Trinajstić information content (AvgIpc) is 2.75. The molecule has 1 fully saturated rings. The minimum Gasteiger partial charge on any atom is -0.370 e. The molecule has 21 heavy (non-hydrogen) atoms. The number of aryl methyl sites for hydroxylation is 2. The standard InChI is InChI=1S/C14H22N4O3/c1-9-12(10(2)21-17-9)7-16-14(20)18-5-3-4-11(8-18)6-13(15)19/h11H,3-8H2,1-2H3,(H2,15,19)(H,16,20). The van der Waals surface area contributed by atoms with Crippen molar-refractivity contribution in [3.63, 3.8) is 0 Å². The van der Waals surface area contributed by atoms with E-state index in [9.17, 15) is 9.59 Å². The maximum Gasteiger partial charge on any atom is 0.317 e. The highest BCUT2D eigenvalue weighted by Crippen LogP contribution is 2.19. The summed E-state index contributed by atoms with van der Waals surface area (Å²) in [7, 11) is 0. The molecule has 116 valence electrons. The lowest BCUT2D eigenvalue weighted by molar-refractivity contribution is -0.119. The van der Waals surface area contributed by atoms with Crippen LogP contribution in [0.2, 0.25) is 0 Å². The second kappa shape index (κ2) is 6.60. The van der Waals surface area contributed by atoms with Crippen molar-refractivity contribution in [2.45, 2.75) is 39.7 Å². The number of primary amides is 1. The van der Waals surface area contributed by atoms with Gasteiger partial charge in [0.05, 0.1) is 5.69 Å². The Labute approximate surface area is 123 Å². The zero-order chi connectivity index (χ0) is 15.4. The summed E-state index contributed by atoms with van der Waals surface area (Å²) in [5, 5.41) is 6.74. The van der Waals surface area contributed by atoms with E-state index in [0.29, 0.717) is 26.1 Å². The Morgan fingerprint density at radius 1 is 1.48 bits per heavy atom. The van der Waals surface area contributed by atoms with Crippen LogP contribution in [0.3, 0.4) is 0 Å². The van der Waals surface area contributed by atoms with Crippen LogP contribution in [0.1, 0.15) is 36.3 Å². The van der Waals surface area contributed by atoms with Gasteiger partial charge < -0.3 is 20.5 Å². The molecule has 3 N–H and O–H groups in total. The number of nitrogens with zero attached hydrogens (tertiary/aromatic N) is 2. The number of amides is 3. The normalized spacial score (nSPS) is 18.6. The number of carbonyl (C=O) groups is 2. The Morgan fingerprint density at radius 3 is 2.86 bits per heavy atom. The molecular weight excluding hydrogens is 272 g/mol. The lowest BCUT2D eigenvalue weighted by atomic mass is 9.95. The third kappa shape index (κ3) is 3.96. The molecule has 0 aromatic carbocycles. The van der Waals surface area contributed by atoms with Crippen LogP contribution in [-0.4, -0.2) is 35.1 Å². The number of likely N-dealkylation sites (tertiary alicyclic amines) is 1. The van der Waals surface area contributed by atoms with Gasteiger partial charge in [-0.3, -0.25) is 4.79 Å². The molecule has 3 amide bonds. The van der Waals surface area contributed by atoms with Gasteiger partial charge in [-0.15, -0.1) is 0 Å². The molecule has 7 nitrogen and oxygen atoms in total. The van der Waals surface area contributed by atoms with Gasteiger partial charge in [-0.05, 0) is 32.6 Å². The van der Waals surface area contributed by atoms with E-state index in [4.69, 9.17) is 10.3 Å². The number of piperidine rings is 1. The lowest BCUT2D eigenvalue weighted by Crippen LogP contribution is -2.45. The first-order valence-corrected chi connectivity index (χ1v) is 7.20. The SMILES string of the molecule is Cc1noc(C)c1CNC(=O)N1CCCC(CC(N)=O)C1. The number of carbonyl (C=O) groups excluding carboxylic acids is 2. The summed E-state index contributed by atoms with van der Waals surface area (Å²) in [6, 6.07) is -0.121. The van der Waals surface area contributed by atoms with Crippen LogP contribution in [0.4, 0.5) is 4.79 Å². The van der Waals surface area contributed by atoms with E-state index < -0.39 is 0 Å². The Bertz CT molecular complexity index is 507. The molecule has 0 bridgehead atoms. The average molecular weight is 294 g/mol. The van der Waals surface area contributed by atoms with Crippen molar-refractivity contribution in [1.29, 1.82) is 0 Å². The Morgan fingerprint density at radius 2 is 2.24 bits per heavy atom. The van der Waals surface area contributed by atoms with E-state index in [1.54, 1.807) is 4.90 Å². The van der Waals surface area contributed by atoms with Crippen molar-refractivity contribution in [1.82, 2.24) is 15.4 Å². The zero-order valence-corrected chi connectivity index (χ0v) is 12.5. The molecular formula is C14H22N4O3. The molecule has 1 aromatic heterocycles. The summed E-state index contributed by atoms with van der Waals surface area (Å²) in [5.41, 5.74) is 6.93. The maximum atomic E-state index is 12.2. The van der Waals surface area contributed by atoms with Crippen LogP contribution in [0.15, 0.2) is 4.52 Å². The van der Waals surface area contributed by atoms with Crippen LogP contribution in [0.5, 0.6) is 0 Å². The monoisotopic (exact) mass is 294 g/mol. The quantitative estimate of drug-likeness (QED) is 0.867. The number of urea groups is 1. The van der Waals surface area contributed by atoms with Crippen molar-refractivity contribution in [2.24, 2.45) is 11.7 Å². The summed E-state index contributed by atoms with van der Waals surface area (Å²) in [5.74, 6) is 0.581. The smallest absolute Gasteiger partial charge is 0.317 e. The first kappa shape index (κ1) is 15.3. The molecule has 0 radical (unpaired) electrons. The zero-order valence-electron chi connectivity index (χ0n) is 12.5. The minimum absolute atomic E-state index is 0.121. The summed E-state index contributed by atoms with van der Waals surface area (Å²) >= 11 is 0. The molecule has 1 atom stereocenters.